The van der Waals surface area contributed by atoms with Crippen molar-refractivity contribution >= 4 is 16.9 Å². The van der Waals surface area contributed by atoms with E-state index in [2.05, 4.69) is 34.4 Å². The van der Waals surface area contributed by atoms with Gasteiger partial charge >= 0.3 is 0 Å². The summed E-state index contributed by atoms with van der Waals surface area (Å²) in [7, 11) is 1.95. The summed E-state index contributed by atoms with van der Waals surface area (Å²) in [6.45, 7) is 5.20. The van der Waals surface area contributed by atoms with Gasteiger partial charge in [-0.2, -0.15) is 0 Å². The smallest absolute Gasteiger partial charge is 0.157 e. The molecule has 0 amide bonds. The lowest BCUT2D eigenvalue weighted by Gasteiger charge is -2.13. The van der Waals surface area contributed by atoms with E-state index in [-0.39, 0.29) is 6.04 Å². The summed E-state index contributed by atoms with van der Waals surface area (Å²) in [5.74, 6) is 0.934. The number of nitrogens with zero attached hydrogens (tertiary/aromatic N) is 4. The standard InChI is InChI=1S/C10H17N5S/c1-4-8-5-11-10(16-8)13-7(2)9-14-12-6-15(9)3/h6-8H,4-5H2,1-3H3,(H,11,13). The number of aryl methyl sites for hydroxylation is 1. The van der Waals surface area contributed by atoms with Crippen LogP contribution in [0.15, 0.2) is 11.3 Å². The fourth-order valence-corrected chi connectivity index (χ4v) is 2.67. The van der Waals surface area contributed by atoms with Crippen molar-refractivity contribution < 1.29 is 0 Å². The number of aliphatic imine (C=N–C) groups is 1. The molecule has 0 bridgehead atoms. The fraction of sp³-hybridized carbons (Fsp3) is 0.700. The minimum atomic E-state index is 0.148. The van der Waals surface area contributed by atoms with Crippen LogP contribution in [0.25, 0.3) is 0 Å². The van der Waals surface area contributed by atoms with Crippen molar-refractivity contribution in [1.82, 2.24) is 20.1 Å². The maximum Gasteiger partial charge on any atom is 0.157 e. The fourth-order valence-electron chi connectivity index (χ4n) is 1.64. The number of rotatable bonds is 3. The van der Waals surface area contributed by atoms with Crippen LogP contribution in [0.1, 0.15) is 32.1 Å². The van der Waals surface area contributed by atoms with Crippen molar-refractivity contribution in [1.29, 1.82) is 0 Å². The van der Waals surface area contributed by atoms with E-state index in [0.717, 1.165) is 24.0 Å². The molecule has 1 aliphatic heterocycles. The number of hydrogen-bond acceptors (Lipinski definition) is 5. The average Bonchev–Trinajstić information content (AvgIpc) is 2.86. The Bertz CT molecular complexity index is 386. The highest BCUT2D eigenvalue weighted by molar-refractivity contribution is 8.14. The average molecular weight is 239 g/mol. The Labute approximate surface area is 99.7 Å². The summed E-state index contributed by atoms with van der Waals surface area (Å²) < 4.78 is 1.93. The molecule has 1 aromatic heterocycles. The molecule has 2 rings (SSSR count). The van der Waals surface area contributed by atoms with Crippen molar-refractivity contribution in [3.63, 3.8) is 0 Å². The van der Waals surface area contributed by atoms with Crippen LogP contribution in [0, 0.1) is 0 Å². The third-order valence-electron chi connectivity index (χ3n) is 2.65. The Hall–Kier alpha value is -1.04. The van der Waals surface area contributed by atoms with Gasteiger partial charge in [0.15, 0.2) is 11.0 Å². The molecule has 2 heterocycles. The van der Waals surface area contributed by atoms with E-state index >= 15 is 0 Å². The SMILES string of the molecule is CCC1CN=C(NC(C)c2nncn2C)S1. The highest BCUT2D eigenvalue weighted by Gasteiger charge is 2.20. The van der Waals surface area contributed by atoms with Crippen LogP contribution in [-0.4, -0.2) is 31.7 Å². The van der Waals surface area contributed by atoms with Crippen LogP contribution in [0.5, 0.6) is 0 Å². The molecule has 0 spiro atoms. The third kappa shape index (κ3) is 2.37. The number of aromatic nitrogens is 3. The van der Waals surface area contributed by atoms with Gasteiger partial charge in [-0.1, -0.05) is 18.7 Å². The second-order valence-corrected chi connectivity index (χ2v) is 5.25. The van der Waals surface area contributed by atoms with E-state index in [1.54, 1.807) is 6.33 Å². The highest BCUT2D eigenvalue weighted by atomic mass is 32.2. The first-order valence-electron chi connectivity index (χ1n) is 5.52. The first-order chi connectivity index (χ1) is 7.70. The summed E-state index contributed by atoms with van der Waals surface area (Å²) in [5.41, 5.74) is 0. The summed E-state index contributed by atoms with van der Waals surface area (Å²) in [5, 5.41) is 13.0. The van der Waals surface area contributed by atoms with Crippen LogP contribution >= 0.6 is 11.8 Å². The second kappa shape index (κ2) is 4.86. The molecule has 6 heteroatoms. The van der Waals surface area contributed by atoms with Crippen LogP contribution in [0.4, 0.5) is 0 Å². The molecule has 0 aliphatic carbocycles. The van der Waals surface area contributed by atoms with Gasteiger partial charge in [-0.15, -0.1) is 10.2 Å². The van der Waals surface area contributed by atoms with Gasteiger partial charge in [0, 0.05) is 12.3 Å². The molecule has 0 saturated heterocycles. The molecule has 0 fully saturated rings. The summed E-state index contributed by atoms with van der Waals surface area (Å²) in [6.07, 6.45) is 2.88. The normalized spacial score (nSPS) is 21.9. The molecule has 2 atom stereocenters. The molecule has 0 radical (unpaired) electrons. The minimum Gasteiger partial charge on any atom is -0.355 e. The third-order valence-corrected chi connectivity index (χ3v) is 3.93. The van der Waals surface area contributed by atoms with Gasteiger partial charge in [-0.05, 0) is 13.3 Å². The van der Waals surface area contributed by atoms with Gasteiger partial charge in [0.25, 0.3) is 0 Å². The number of hydrogen-bond donors (Lipinski definition) is 1. The molecule has 1 aromatic rings. The van der Waals surface area contributed by atoms with Crippen molar-refractivity contribution in [2.24, 2.45) is 12.0 Å². The lowest BCUT2D eigenvalue weighted by Crippen LogP contribution is -2.25. The molecule has 0 saturated carbocycles. The molecule has 1 aliphatic rings. The molecule has 5 nitrogen and oxygen atoms in total. The van der Waals surface area contributed by atoms with Gasteiger partial charge in [0.2, 0.25) is 0 Å². The van der Waals surface area contributed by atoms with Crippen LogP contribution in [0.3, 0.4) is 0 Å². The first-order valence-corrected chi connectivity index (χ1v) is 6.40. The summed E-state index contributed by atoms with van der Waals surface area (Å²) >= 11 is 1.82. The van der Waals surface area contributed by atoms with E-state index in [1.165, 1.54) is 0 Å². The van der Waals surface area contributed by atoms with Gasteiger partial charge in [-0.3, -0.25) is 4.99 Å². The van der Waals surface area contributed by atoms with E-state index in [1.807, 2.05) is 23.4 Å². The molecule has 16 heavy (non-hydrogen) atoms. The van der Waals surface area contributed by atoms with Gasteiger partial charge in [0.1, 0.15) is 6.33 Å². The van der Waals surface area contributed by atoms with Gasteiger partial charge < -0.3 is 9.88 Å². The number of nitrogens with one attached hydrogen (secondary N) is 1. The summed E-state index contributed by atoms with van der Waals surface area (Å²) in [4.78, 5) is 4.48. The molecular formula is C10H17N5S. The molecule has 0 aromatic carbocycles. The van der Waals surface area contributed by atoms with Crippen LogP contribution < -0.4 is 5.32 Å². The predicted octanol–water partition coefficient (Wildman–Crippen LogP) is 1.35. The highest BCUT2D eigenvalue weighted by Crippen LogP contribution is 2.23. The maximum atomic E-state index is 4.48. The molecule has 88 valence electrons. The zero-order chi connectivity index (χ0) is 11.5. The lowest BCUT2D eigenvalue weighted by molar-refractivity contribution is 0.629. The van der Waals surface area contributed by atoms with E-state index in [4.69, 9.17) is 0 Å². The quantitative estimate of drug-likeness (QED) is 0.865. The van der Waals surface area contributed by atoms with Crippen LogP contribution in [0.2, 0.25) is 0 Å². The summed E-state index contributed by atoms with van der Waals surface area (Å²) in [6, 6.07) is 0.148. The minimum absolute atomic E-state index is 0.148. The Balaban J connectivity index is 1.94. The Morgan fingerprint density at radius 2 is 2.50 bits per heavy atom. The predicted molar refractivity (Wildman–Crippen MR) is 66.5 cm³/mol. The van der Waals surface area contributed by atoms with E-state index in [9.17, 15) is 0 Å². The topological polar surface area (TPSA) is 55.1 Å². The maximum absolute atomic E-state index is 4.48. The second-order valence-electron chi connectivity index (χ2n) is 3.96. The van der Waals surface area contributed by atoms with Crippen LogP contribution in [-0.2, 0) is 7.05 Å². The van der Waals surface area contributed by atoms with Gasteiger partial charge in [-0.25, -0.2) is 0 Å². The molecule has 2 unspecified atom stereocenters. The van der Waals surface area contributed by atoms with E-state index < -0.39 is 0 Å². The first kappa shape index (κ1) is 11.4. The zero-order valence-electron chi connectivity index (χ0n) is 9.84. The van der Waals surface area contributed by atoms with E-state index in [0.29, 0.717) is 5.25 Å². The Morgan fingerprint density at radius 1 is 1.69 bits per heavy atom. The van der Waals surface area contributed by atoms with Crippen molar-refractivity contribution in [3.05, 3.63) is 12.2 Å². The molecule has 1 N–H and O–H groups in total. The van der Waals surface area contributed by atoms with Crippen molar-refractivity contribution in [2.75, 3.05) is 6.54 Å². The lowest BCUT2D eigenvalue weighted by atomic mass is 10.3. The Morgan fingerprint density at radius 3 is 3.06 bits per heavy atom. The number of amidine groups is 1. The number of thioether (sulfide) groups is 1. The Kier molecular flexibility index (Phi) is 3.48. The molecular weight excluding hydrogens is 222 g/mol. The monoisotopic (exact) mass is 239 g/mol. The van der Waals surface area contributed by atoms with Crippen molar-refractivity contribution in [3.8, 4) is 0 Å². The van der Waals surface area contributed by atoms with Gasteiger partial charge in [0.05, 0.1) is 12.6 Å². The van der Waals surface area contributed by atoms with Crippen molar-refractivity contribution in [2.45, 2.75) is 31.6 Å². The largest absolute Gasteiger partial charge is 0.355 e. The zero-order valence-corrected chi connectivity index (χ0v) is 10.7.